The molecule has 77 heavy (non-hydrogen) atoms. The molecule has 0 amide bonds. The van der Waals surface area contributed by atoms with Gasteiger partial charge in [-0.1, -0.05) is 284 Å². The second kappa shape index (κ2) is 64.6. The Hall–Kier alpha value is -3.93. The zero-order valence-corrected chi connectivity index (χ0v) is 50.4. The molecule has 1 atom stereocenters. The number of hydrogen-bond donors (Lipinski definition) is 0. The molecule has 0 saturated carbocycles. The van der Waals surface area contributed by atoms with E-state index in [-0.39, 0.29) is 37.5 Å². The molecule has 0 aliphatic rings. The zero-order valence-electron chi connectivity index (χ0n) is 50.4. The van der Waals surface area contributed by atoms with E-state index in [1.54, 1.807) is 0 Å². The summed E-state index contributed by atoms with van der Waals surface area (Å²) in [5.41, 5.74) is 0. The van der Waals surface area contributed by atoms with Crippen LogP contribution in [0.3, 0.4) is 0 Å². The largest absolute Gasteiger partial charge is 0.462 e. The number of carbonyl (C=O) groups is 3. The highest BCUT2D eigenvalue weighted by atomic mass is 16.6. The molecule has 0 rings (SSSR count). The summed E-state index contributed by atoms with van der Waals surface area (Å²) < 4.78 is 16.8. The van der Waals surface area contributed by atoms with Crippen LogP contribution in [0.25, 0.3) is 0 Å². The fourth-order valence-electron chi connectivity index (χ4n) is 8.97. The van der Waals surface area contributed by atoms with Crippen molar-refractivity contribution in [3.8, 4) is 0 Å². The number of ether oxygens (including phenoxy) is 3. The van der Waals surface area contributed by atoms with Crippen LogP contribution in [-0.2, 0) is 28.6 Å². The van der Waals surface area contributed by atoms with Crippen molar-refractivity contribution in [1.82, 2.24) is 0 Å². The third-order valence-electron chi connectivity index (χ3n) is 13.8. The number of allylic oxidation sites excluding steroid dienone is 18. The Balaban J connectivity index is 4.21. The number of carbonyl (C=O) groups excluding carboxylic acids is 3. The highest BCUT2D eigenvalue weighted by molar-refractivity contribution is 5.71. The molecule has 0 fully saturated rings. The Kier molecular flexibility index (Phi) is 61.3. The molecule has 0 N–H and O–H groups in total. The number of unbranched alkanes of at least 4 members (excludes halogenated alkanes) is 29. The molecule has 6 heteroatoms. The van der Waals surface area contributed by atoms with Crippen molar-refractivity contribution in [3.05, 3.63) is 109 Å². The van der Waals surface area contributed by atoms with Crippen LogP contribution >= 0.6 is 0 Å². The highest BCUT2D eigenvalue weighted by Crippen LogP contribution is 2.17. The predicted molar refractivity (Wildman–Crippen MR) is 334 cm³/mol. The Morgan fingerprint density at radius 2 is 0.532 bits per heavy atom. The van der Waals surface area contributed by atoms with Crippen LogP contribution in [-0.4, -0.2) is 37.2 Å². The van der Waals surface area contributed by atoms with Crippen molar-refractivity contribution in [1.29, 1.82) is 0 Å². The van der Waals surface area contributed by atoms with Gasteiger partial charge in [-0.2, -0.15) is 0 Å². The smallest absolute Gasteiger partial charge is 0.306 e. The SMILES string of the molecule is CC/C=C\C/C=C\C/C=C\C/C=C\CCC(=O)OCC(COC(=O)CCCCCCCCCCCCCCCCCCCCC/C=C\C/C=C\CCCCCCC)OC(=O)CCCCCCC/C=C\C/C=C\C/C=C\CC. The van der Waals surface area contributed by atoms with Crippen molar-refractivity contribution >= 4 is 17.9 Å². The summed E-state index contributed by atoms with van der Waals surface area (Å²) in [5.74, 6) is -1.00. The molecule has 0 aliphatic heterocycles. The van der Waals surface area contributed by atoms with Gasteiger partial charge in [0.15, 0.2) is 6.10 Å². The molecular formula is C71H120O6. The minimum Gasteiger partial charge on any atom is -0.462 e. The summed E-state index contributed by atoms with van der Waals surface area (Å²) in [5, 5.41) is 0. The quantitative estimate of drug-likeness (QED) is 0.0261. The minimum atomic E-state index is -0.817. The first-order valence-electron chi connectivity index (χ1n) is 32.4. The molecule has 6 nitrogen and oxygen atoms in total. The highest BCUT2D eigenvalue weighted by Gasteiger charge is 2.19. The van der Waals surface area contributed by atoms with Gasteiger partial charge >= 0.3 is 17.9 Å². The normalized spacial score (nSPS) is 12.8. The summed E-state index contributed by atoms with van der Waals surface area (Å²) in [6.07, 6.45) is 88.5. The fourth-order valence-corrected chi connectivity index (χ4v) is 8.97. The van der Waals surface area contributed by atoms with Gasteiger partial charge in [-0.25, -0.2) is 0 Å². The van der Waals surface area contributed by atoms with Gasteiger partial charge < -0.3 is 14.2 Å². The first-order chi connectivity index (χ1) is 38.0. The van der Waals surface area contributed by atoms with Gasteiger partial charge in [0.1, 0.15) is 13.2 Å². The van der Waals surface area contributed by atoms with Crippen LogP contribution < -0.4 is 0 Å². The van der Waals surface area contributed by atoms with Crippen molar-refractivity contribution in [2.24, 2.45) is 0 Å². The lowest BCUT2D eigenvalue weighted by atomic mass is 10.0. The maximum atomic E-state index is 12.9. The summed E-state index contributed by atoms with van der Waals surface area (Å²) in [6, 6.07) is 0. The van der Waals surface area contributed by atoms with Crippen LogP contribution in [0.5, 0.6) is 0 Å². The fraction of sp³-hybridized carbons (Fsp3) is 0.704. The molecule has 0 aliphatic carbocycles. The third-order valence-corrected chi connectivity index (χ3v) is 13.8. The van der Waals surface area contributed by atoms with E-state index in [4.69, 9.17) is 14.2 Å². The molecule has 0 spiro atoms. The van der Waals surface area contributed by atoms with E-state index in [1.807, 2.05) is 6.08 Å². The first kappa shape index (κ1) is 73.1. The molecule has 440 valence electrons. The molecule has 0 aromatic heterocycles. The Bertz CT molecular complexity index is 1560. The van der Waals surface area contributed by atoms with Crippen molar-refractivity contribution in [2.75, 3.05) is 13.2 Å². The molecule has 0 bridgehead atoms. The third kappa shape index (κ3) is 62.8. The van der Waals surface area contributed by atoms with Crippen LogP contribution in [0.4, 0.5) is 0 Å². The van der Waals surface area contributed by atoms with Gasteiger partial charge in [0, 0.05) is 19.3 Å². The van der Waals surface area contributed by atoms with Gasteiger partial charge in [-0.15, -0.1) is 0 Å². The van der Waals surface area contributed by atoms with E-state index in [9.17, 15) is 14.4 Å². The predicted octanol–water partition coefficient (Wildman–Crippen LogP) is 22.2. The average molecular weight is 1070 g/mol. The summed E-state index contributed by atoms with van der Waals surface area (Å²) >= 11 is 0. The van der Waals surface area contributed by atoms with E-state index >= 15 is 0 Å². The van der Waals surface area contributed by atoms with Crippen LogP contribution in [0.1, 0.15) is 303 Å². The number of rotatable bonds is 58. The maximum Gasteiger partial charge on any atom is 0.306 e. The minimum absolute atomic E-state index is 0.106. The second-order valence-electron chi connectivity index (χ2n) is 21.3. The second-order valence-corrected chi connectivity index (χ2v) is 21.3. The van der Waals surface area contributed by atoms with Crippen molar-refractivity contribution in [2.45, 2.75) is 309 Å². The molecule has 1 unspecified atom stereocenters. The standard InChI is InChI=1S/C71H120O6/c1-4-7-10-13-16-19-22-25-27-28-29-30-31-32-33-34-35-36-37-38-39-40-41-42-44-46-49-52-55-58-61-64-70(73)76-67-68(66-75-69(72)63-60-57-54-51-48-45-24-21-18-15-12-9-6-3)77-71(74)65-62-59-56-53-50-47-43-26-23-20-17-14-11-8-5-2/h8-9,11-12,17-18,20-22,25-26,28-29,43,45,48,54,57,68H,4-7,10,13-16,19,23-24,27,30-42,44,46-47,49-53,55-56,58-67H2,1-3H3/b11-8-,12-9-,20-17-,21-18-,25-22-,29-28-,43-26-,48-45-,57-54-. The average Bonchev–Trinajstić information content (AvgIpc) is 3.43. The summed E-state index contributed by atoms with van der Waals surface area (Å²) in [4.78, 5) is 38.2. The van der Waals surface area contributed by atoms with Gasteiger partial charge in [-0.05, 0) is 109 Å². The lowest BCUT2D eigenvalue weighted by molar-refractivity contribution is -0.166. The molecule has 0 aromatic rings. The van der Waals surface area contributed by atoms with Gasteiger partial charge in [0.05, 0.1) is 0 Å². The lowest BCUT2D eigenvalue weighted by Crippen LogP contribution is -2.30. The zero-order chi connectivity index (χ0) is 55.7. The van der Waals surface area contributed by atoms with Crippen LogP contribution in [0, 0.1) is 0 Å². The topological polar surface area (TPSA) is 78.9 Å². The van der Waals surface area contributed by atoms with Gasteiger partial charge in [0.25, 0.3) is 0 Å². The summed E-state index contributed by atoms with van der Waals surface area (Å²) in [7, 11) is 0. The summed E-state index contributed by atoms with van der Waals surface area (Å²) in [6.45, 7) is 6.34. The lowest BCUT2D eigenvalue weighted by Gasteiger charge is -2.18. The van der Waals surface area contributed by atoms with E-state index in [0.29, 0.717) is 19.3 Å². The number of esters is 3. The van der Waals surface area contributed by atoms with E-state index in [2.05, 4.69) is 124 Å². The molecule has 0 saturated heterocycles. The maximum absolute atomic E-state index is 12.9. The van der Waals surface area contributed by atoms with Crippen molar-refractivity contribution < 1.29 is 28.6 Å². The number of hydrogen-bond acceptors (Lipinski definition) is 6. The molecule has 0 heterocycles. The Labute approximate surface area is 476 Å². The monoisotopic (exact) mass is 1070 g/mol. The Morgan fingerprint density at radius 1 is 0.273 bits per heavy atom. The van der Waals surface area contributed by atoms with Crippen LogP contribution in [0.2, 0.25) is 0 Å². The molecular weight excluding hydrogens is 949 g/mol. The van der Waals surface area contributed by atoms with Crippen molar-refractivity contribution in [3.63, 3.8) is 0 Å². The first-order valence-corrected chi connectivity index (χ1v) is 32.4. The van der Waals surface area contributed by atoms with E-state index in [1.165, 1.54) is 148 Å². The van der Waals surface area contributed by atoms with E-state index < -0.39 is 6.10 Å². The molecule has 0 aromatic carbocycles. The van der Waals surface area contributed by atoms with Crippen LogP contribution in [0.15, 0.2) is 109 Å². The molecule has 0 radical (unpaired) electrons. The Morgan fingerprint density at radius 3 is 0.870 bits per heavy atom. The van der Waals surface area contributed by atoms with E-state index in [0.717, 1.165) is 109 Å². The van der Waals surface area contributed by atoms with Gasteiger partial charge in [-0.3, -0.25) is 14.4 Å². The van der Waals surface area contributed by atoms with Gasteiger partial charge in [0.2, 0.25) is 0 Å².